The van der Waals surface area contributed by atoms with Gasteiger partial charge < -0.3 is 10.4 Å². The number of halogens is 4. The number of hydrogen-bond acceptors (Lipinski definition) is 4. The van der Waals surface area contributed by atoms with Gasteiger partial charge in [-0.1, -0.05) is 41.6 Å². The first-order valence-corrected chi connectivity index (χ1v) is 12.4. The van der Waals surface area contributed by atoms with E-state index in [2.05, 4.69) is 15.6 Å². The molecule has 3 aromatic carbocycles. The standard InChI is InChI=1S/C30H22F4N4O3/c1-17(19-4-6-21(7-5-19)29(40)41)35-28(39)25-15-22(20-8-12-24(31)13-9-20)16-38-27(25)26(36-37-38)14-18-2-10-23(11-3-18)30(32,33)34/h2-13,15-17H,14H2,1H3,(H,35,39)(H,40,41)/t17-/m0/s1. The average Bonchev–Trinajstić information content (AvgIpc) is 3.35. The molecule has 0 spiro atoms. The van der Waals surface area contributed by atoms with Gasteiger partial charge in [-0.3, -0.25) is 4.79 Å². The van der Waals surface area contributed by atoms with Crippen LogP contribution in [0.2, 0.25) is 0 Å². The summed E-state index contributed by atoms with van der Waals surface area (Å²) in [7, 11) is 0. The van der Waals surface area contributed by atoms with Crippen molar-refractivity contribution in [3.63, 3.8) is 0 Å². The fourth-order valence-corrected chi connectivity index (χ4v) is 4.46. The summed E-state index contributed by atoms with van der Waals surface area (Å²) in [6.07, 6.45) is -2.71. The number of aromatic nitrogens is 3. The van der Waals surface area contributed by atoms with Crippen LogP contribution in [0.15, 0.2) is 85.1 Å². The fraction of sp³-hybridized carbons (Fsp3) is 0.133. The van der Waals surface area contributed by atoms with Crippen LogP contribution in [0.3, 0.4) is 0 Å². The van der Waals surface area contributed by atoms with Crippen LogP contribution in [0.5, 0.6) is 0 Å². The number of carboxylic acid groups (broad SMARTS) is 1. The Morgan fingerprint density at radius 3 is 2.22 bits per heavy atom. The van der Waals surface area contributed by atoms with E-state index in [1.54, 1.807) is 43.5 Å². The zero-order valence-corrected chi connectivity index (χ0v) is 21.5. The average molecular weight is 563 g/mol. The van der Waals surface area contributed by atoms with Crippen LogP contribution in [0.25, 0.3) is 16.6 Å². The molecule has 0 aliphatic rings. The zero-order chi connectivity index (χ0) is 29.3. The summed E-state index contributed by atoms with van der Waals surface area (Å²) in [6, 6.07) is 17.6. The van der Waals surface area contributed by atoms with Crippen molar-refractivity contribution >= 4 is 17.4 Å². The Bertz CT molecular complexity index is 1730. The zero-order valence-electron chi connectivity index (χ0n) is 21.5. The van der Waals surface area contributed by atoms with Crippen LogP contribution >= 0.6 is 0 Å². The number of hydrogen-bond donors (Lipinski definition) is 2. The summed E-state index contributed by atoms with van der Waals surface area (Å²) >= 11 is 0. The van der Waals surface area contributed by atoms with E-state index in [0.29, 0.717) is 33.5 Å². The molecule has 2 heterocycles. The molecule has 0 saturated heterocycles. The molecule has 208 valence electrons. The van der Waals surface area contributed by atoms with Crippen molar-refractivity contribution in [2.75, 3.05) is 0 Å². The van der Waals surface area contributed by atoms with Crippen molar-refractivity contribution in [3.8, 4) is 11.1 Å². The number of fused-ring (bicyclic) bond motifs is 1. The SMILES string of the molecule is C[C@H](NC(=O)c1cc(-c2ccc(F)cc2)cn2nnc(Cc3ccc(C(F)(F)F)cc3)c12)c1ccc(C(=O)O)cc1. The summed E-state index contributed by atoms with van der Waals surface area (Å²) in [6.45, 7) is 1.74. The lowest BCUT2D eigenvalue weighted by molar-refractivity contribution is -0.137. The number of carbonyl (C=O) groups excluding carboxylic acids is 1. The molecule has 0 radical (unpaired) electrons. The van der Waals surface area contributed by atoms with Crippen LogP contribution in [0.1, 0.15) is 56.1 Å². The number of carbonyl (C=O) groups is 2. The number of nitrogens with one attached hydrogen (secondary N) is 1. The molecule has 0 aliphatic carbocycles. The lowest BCUT2D eigenvalue weighted by atomic mass is 10.0. The Balaban J connectivity index is 1.52. The molecule has 5 aromatic rings. The van der Waals surface area contributed by atoms with E-state index < -0.39 is 35.5 Å². The summed E-state index contributed by atoms with van der Waals surface area (Å²) in [5.41, 5.74) is 2.68. The second kappa shape index (κ2) is 10.8. The third kappa shape index (κ3) is 5.93. The monoisotopic (exact) mass is 562 g/mol. The highest BCUT2D eigenvalue weighted by Crippen LogP contribution is 2.30. The van der Waals surface area contributed by atoms with Crippen LogP contribution < -0.4 is 5.32 Å². The quantitative estimate of drug-likeness (QED) is 0.226. The van der Waals surface area contributed by atoms with Gasteiger partial charge in [0.05, 0.1) is 28.4 Å². The Morgan fingerprint density at radius 1 is 0.951 bits per heavy atom. The Hall–Kier alpha value is -5.06. The maximum atomic E-state index is 13.7. The normalized spacial score (nSPS) is 12.3. The van der Waals surface area contributed by atoms with Gasteiger partial charge in [0.1, 0.15) is 11.3 Å². The molecule has 0 bridgehead atoms. The number of pyridine rings is 1. The fourth-order valence-electron chi connectivity index (χ4n) is 4.46. The third-order valence-corrected chi connectivity index (χ3v) is 6.66. The van der Waals surface area contributed by atoms with Gasteiger partial charge in [-0.15, -0.1) is 5.10 Å². The van der Waals surface area contributed by atoms with Crippen molar-refractivity contribution in [1.82, 2.24) is 20.1 Å². The van der Waals surface area contributed by atoms with E-state index in [9.17, 15) is 27.2 Å². The van der Waals surface area contributed by atoms with Crippen LogP contribution in [0, 0.1) is 5.82 Å². The van der Waals surface area contributed by atoms with Crippen LogP contribution in [0.4, 0.5) is 17.6 Å². The predicted octanol–water partition coefficient (Wildman–Crippen LogP) is 6.33. The van der Waals surface area contributed by atoms with Crippen LogP contribution in [-0.2, 0) is 12.6 Å². The number of rotatable bonds is 7. The molecular formula is C30H22F4N4O3. The second-order valence-corrected chi connectivity index (χ2v) is 9.47. The highest BCUT2D eigenvalue weighted by Gasteiger charge is 2.30. The van der Waals surface area contributed by atoms with Crippen molar-refractivity contribution in [2.45, 2.75) is 25.6 Å². The van der Waals surface area contributed by atoms with Gasteiger partial charge in [0.2, 0.25) is 0 Å². The largest absolute Gasteiger partial charge is 0.478 e. The minimum atomic E-state index is -4.46. The first-order valence-electron chi connectivity index (χ1n) is 12.4. The predicted molar refractivity (Wildman–Crippen MR) is 142 cm³/mol. The third-order valence-electron chi connectivity index (χ3n) is 6.66. The summed E-state index contributed by atoms with van der Waals surface area (Å²) in [4.78, 5) is 24.8. The molecule has 2 aromatic heterocycles. The van der Waals surface area contributed by atoms with Gasteiger partial charge in [-0.2, -0.15) is 13.2 Å². The van der Waals surface area contributed by atoms with Crippen LogP contribution in [-0.4, -0.2) is 31.8 Å². The molecule has 1 amide bonds. The Morgan fingerprint density at radius 2 is 1.61 bits per heavy atom. The van der Waals surface area contributed by atoms with Crippen molar-refractivity contribution in [3.05, 3.63) is 124 Å². The molecule has 2 N–H and O–H groups in total. The van der Waals surface area contributed by atoms with E-state index in [4.69, 9.17) is 5.11 Å². The molecule has 5 rings (SSSR count). The Kier molecular flexibility index (Phi) is 7.27. The lowest BCUT2D eigenvalue weighted by Gasteiger charge is -2.16. The minimum absolute atomic E-state index is 0.110. The van der Waals surface area contributed by atoms with E-state index >= 15 is 0 Å². The van der Waals surface area contributed by atoms with Crippen molar-refractivity contribution in [1.29, 1.82) is 0 Å². The van der Waals surface area contributed by atoms with Gasteiger partial charge in [-0.25, -0.2) is 13.7 Å². The number of nitrogens with zero attached hydrogens (tertiary/aromatic N) is 3. The topological polar surface area (TPSA) is 96.6 Å². The molecule has 0 fully saturated rings. The highest BCUT2D eigenvalue weighted by atomic mass is 19.4. The molecule has 7 nitrogen and oxygen atoms in total. The summed E-state index contributed by atoms with van der Waals surface area (Å²) < 4.78 is 54.0. The number of aromatic carboxylic acids is 1. The first-order chi connectivity index (χ1) is 19.5. The van der Waals surface area contributed by atoms with Gasteiger partial charge in [0.15, 0.2) is 0 Å². The minimum Gasteiger partial charge on any atom is -0.478 e. The first kappa shape index (κ1) is 27.5. The summed E-state index contributed by atoms with van der Waals surface area (Å²) in [5, 5.41) is 20.4. The maximum Gasteiger partial charge on any atom is 0.416 e. The molecular weight excluding hydrogens is 540 g/mol. The van der Waals surface area contributed by atoms with E-state index in [-0.39, 0.29) is 17.5 Å². The van der Waals surface area contributed by atoms with Gasteiger partial charge in [0, 0.05) is 18.2 Å². The van der Waals surface area contributed by atoms with Crippen molar-refractivity contribution in [2.24, 2.45) is 0 Å². The number of amides is 1. The van der Waals surface area contributed by atoms with E-state index in [1.165, 1.54) is 40.9 Å². The molecule has 0 saturated carbocycles. The van der Waals surface area contributed by atoms with E-state index in [0.717, 1.165) is 12.1 Å². The van der Waals surface area contributed by atoms with E-state index in [1.807, 2.05) is 0 Å². The molecule has 11 heteroatoms. The van der Waals surface area contributed by atoms with Gasteiger partial charge in [0.25, 0.3) is 5.91 Å². The second-order valence-electron chi connectivity index (χ2n) is 9.47. The lowest BCUT2D eigenvalue weighted by Crippen LogP contribution is -2.27. The number of benzene rings is 3. The van der Waals surface area contributed by atoms with Gasteiger partial charge >= 0.3 is 12.1 Å². The maximum absolute atomic E-state index is 13.7. The molecule has 1 atom stereocenters. The van der Waals surface area contributed by atoms with Gasteiger partial charge in [-0.05, 0) is 66.1 Å². The number of carboxylic acids is 1. The summed E-state index contributed by atoms with van der Waals surface area (Å²) in [5.74, 6) is -1.97. The molecule has 41 heavy (non-hydrogen) atoms. The molecule has 0 aliphatic heterocycles. The smallest absolute Gasteiger partial charge is 0.416 e. The van der Waals surface area contributed by atoms with Crippen molar-refractivity contribution < 1.29 is 32.3 Å². The Labute approximate surface area is 231 Å². The number of alkyl halides is 3. The molecule has 0 unspecified atom stereocenters. The highest BCUT2D eigenvalue weighted by molar-refractivity contribution is 6.02.